The summed E-state index contributed by atoms with van der Waals surface area (Å²) in [5, 5.41) is 3.19. The molecule has 2 aromatic rings. The number of rotatable bonds is 7. The third-order valence-electron chi connectivity index (χ3n) is 8.63. The number of nitrogens with zero attached hydrogens (tertiary/aromatic N) is 4. The molecule has 3 aliphatic rings. The standard InChI is InChI=1S/C30H41N5O2/c1-4-20(2)29(36)33-28(23-12-6-5-7-13-23)30(37)35-17-10-15-26(35)24-19-27(32-21(3)31-24)34-18-16-22-11-8-9-14-25(22)34/h8-9,11,14,19-20,23,26,28H,4-7,10,12-13,15-18H2,1-3H3,(H,33,36). The van der Waals surface area contributed by atoms with Crippen molar-refractivity contribution >= 4 is 23.3 Å². The van der Waals surface area contributed by atoms with E-state index in [1.807, 2.05) is 25.7 Å². The van der Waals surface area contributed by atoms with Crippen LogP contribution in [-0.2, 0) is 16.0 Å². The molecule has 37 heavy (non-hydrogen) atoms. The quantitative estimate of drug-likeness (QED) is 0.558. The van der Waals surface area contributed by atoms with Gasteiger partial charge >= 0.3 is 0 Å². The van der Waals surface area contributed by atoms with Crippen molar-refractivity contribution in [1.29, 1.82) is 0 Å². The molecule has 0 spiro atoms. The summed E-state index contributed by atoms with van der Waals surface area (Å²) in [6.07, 6.45) is 9.07. The lowest BCUT2D eigenvalue weighted by Crippen LogP contribution is -2.53. The lowest BCUT2D eigenvalue weighted by Gasteiger charge is -2.35. The molecule has 3 atom stereocenters. The number of aryl methyl sites for hydroxylation is 1. The van der Waals surface area contributed by atoms with Crippen LogP contribution < -0.4 is 10.2 Å². The van der Waals surface area contributed by atoms with Crippen LogP contribution in [-0.4, -0.2) is 45.8 Å². The zero-order valence-electron chi connectivity index (χ0n) is 22.6. The van der Waals surface area contributed by atoms with Crippen LogP contribution in [0.4, 0.5) is 11.5 Å². The highest BCUT2D eigenvalue weighted by Crippen LogP contribution is 2.38. The maximum absolute atomic E-state index is 14.1. The Morgan fingerprint density at radius 3 is 2.62 bits per heavy atom. The monoisotopic (exact) mass is 503 g/mol. The van der Waals surface area contributed by atoms with Crippen LogP contribution in [0.25, 0.3) is 0 Å². The fourth-order valence-electron chi connectivity index (χ4n) is 6.31. The number of hydrogen-bond donors (Lipinski definition) is 1. The van der Waals surface area contributed by atoms with Gasteiger partial charge in [0.2, 0.25) is 11.8 Å². The number of likely N-dealkylation sites (tertiary alicyclic amines) is 1. The number of aromatic nitrogens is 2. The summed E-state index contributed by atoms with van der Waals surface area (Å²) in [4.78, 5) is 40.9. The van der Waals surface area contributed by atoms with Crippen LogP contribution in [0.5, 0.6) is 0 Å². The molecule has 1 aromatic heterocycles. The lowest BCUT2D eigenvalue weighted by molar-refractivity contribution is -0.140. The van der Waals surface area contributed by atoms with E-state index in [9.17, 15) is 9.59 Å². The highest BCUT2D eigenvalue weighted by atomic mass is 16.2. The Kier molecular flexibility index (Phi) is 7.77. The van der Waals surface area contributed by atoms with Crippen LogP contribution in [0.15, 0.2) is 30.3 Å². The number of nitrogens with one attached hydrogen (secondary N) is 1. The summed E-state index contributed by atoms with van der Waals surface area (Å²) in [6.45, 7) is 7.50. The summed E-state index contributed by atoms with van der Waals surface area (Å²) < 4.78 is 0. The van der Waals surface area contributed by atoms with Crippen LogP contribution in [0.1, 0.15) is 88.3 Å². The zero-order chi connectivity index (χ0) is 25.9. The van der Waals surface area contributed by atoms with E-state index in [-0.39, 0.29) is 29.7 Å². The second-order valence-electron chi connectivity index (χ2n) is 11.1. The molecular weight excluding hydrogens is 462 g/mol. The number of carbonyl (C=O) groups excluding carboxylic acids is 2. The molecule has 5 rings (SSSR count). The minimum absolute atomic E-state index is 0.00460. The van der Waals surface area contributed by atoms with E-state index in [0.717, 1.165) is 75.2 Å². The molecule has 2 amide bonds. The Bertz CT molecular complexity index is 1130. The summed E-state index contributed by atoms with van der Waals surface area (Å²) in [7, 11) is 0. The molecule has 1 N–H and O–H groups in total. The minimum atomic E-state index is -0.449. The first kappa shape index (κ1) is 25.7. The normalized spacial score (nSPS) is 21.5. The Labute approximate surface area is 221 Å². The summed E-state index contributed by atoms with van der Waals surface area (Å²) in [5.74, 6) is 1.80. The van der Waals surface area contributed by atoms with Gasteiger partial charge in [-0.15, -0.1) is 0 Å². The van der Waals surface area contributed by atoms with Gasteiger partial charge in [0.25, 0.3) is 0 Å². The van der Waals surface area contributed by atoms with Gasteiger partial charge in [-0.05, 0) is 63.0 Å². The third-order valence-corrected chi connectivity index (χ3v) is 8.63. The molecule has 7 nitrogen and oxygen atoms in total. The second kappa shape index (κ2) is 11.2. The van der Waals surface area contributed by atoms with Gasteiger partial charge in [-0.3, -0.25) is 9.59 Å². The molecule has 2 aliphatic heterocycles. The van der Waals surface area contributed by atoms with Gasteiger partial charge in [0.05, 0.1) is 11.7 Å². The van der Waals surface area contributed by atoms with E-state index in [2.05, 4.69) is 40.5 Å². The highest BCUT2D eigenvalue weighted by molar-refractivity contribution is 5.89. The van der Waals surface area contributed by atoms with Gasteiger partial charge in [-0.1, -0.05) is 51.3 Å². The first-order chi connectivity index (χ1) is 18.0. The van der Waals surface area contributed by atoms with E-state index in [0.29, 0.717) is 6.54 Å². The smallest absolute Gasteiger partial charge is 0.246 e. The Hall–Kier alpha value is -2.96. The SMILES string of the molecule is CCC(C)C(=O)NC(C(=O)N1CCCC1c1cc(N2CCc3ccccc32)nc(C)n1)C1CCCCC1. The Balaban J connectivity index is 1.41. The zero-order valence-corrected chi connectivity index (χ0v) is 22.6. The number of hydrogen-bond acceptors (Lipinski definition) is 5. The van der Waals surface area contributed by atoms with Crippen molar-refractivity contribution in [3.8, 4) is 0 Å². The molecule has 1 aliphatic carbocycles. The van der Waals surface area contributed by atoms with Gasteiger partial charge in [-0.25, -0.2) is 9.97 Å². The third kappa shape index (κ3) is 5.36. The Morgan fingerprint density at radius 2 is 1.84 bits per heavy atom. The van der Waals surface area contributed by atoms with E-state index in [1.165, 1.54) is 17.7 Å². The Morgan fingerprint density at radius 1 is 1.05 bits per heavy atom. The number of fused-ring (bicyclic) bond motifs is 1. The van der Waals surface area contributed by atoms with Gasteiger partial charge in [-0.2, -0.15) is 0 Å². The maximum Gasteiger partial charge on any atom is 0.246 e. The number of anilines is 2. The fourth-order valence-corrected chi connectivity index (χ4v) is 6.31. The van der Waals surface area contributed by atoms with E-state index < -0.39 is 6.04 Å². The summed E-state index contributed by atoms with van der Waals surface area (Å²) in [5.41, 5.74) is 3.45. The molecule has 0 bridgehead atoms. The number of carbonyl (C=O) groups is 2. The molecular formula is C30H41N5O2. The molecule has 3 unspecified atom stereocenters. The molecule has 3 heterocycles. The van der Waals surface area contributed by atoms with Gasteiger partial charge in [0, 0.05) is 30.8 Å². The molecule has 1 saturated carbocycles. The van der Waals surface area contributed by atoms with E-state index in [4.69, 9.17) is 9.97 Å². The number of para-hydroxylation sites is 1. The van der Waals surface area contributed by atoms with Crippen LogP contribution in [0, 0.1) is 18.8 Å². The molecule has 7 heteroatoms. The highest BCUT2D eigenvalue weighted by Gasteiger charge is 2.40. The van der Waals surface area contributed by atoms with Crippen molar-refractivity contribution in [3.05, 3.63) is 47.4 Å². The lowest BCUT2D eigenvalue weighted by atomic mass is 9.83. The molecule has 198 valence electrons. The van der Waals surface area contributed by atoms with E-state index in [1.54, 1.807) is 0 Å². The van der Waals surface area contributed by atoms with Crippen molar-refractivity contribution in [3.63, 3.8) is 0 Å². The average molecular weight is 504 g/mol. The van der Waals surface area contributed by atoms with Crippen LogP contribution >= 0.6 is 0 Å². The second-order valence-corrected chi connectivity index (χ2v) is 11.1. The van der Waals surface area contributed by atoms with Crippen molar-refractivity contribution in [2.45, 2.75) is 90.6 Å². The van der Waals surface area contributed by atoms with Crippen molar-refractivity contribution in [2.24, 2.45) is 11.8 Å². The first-order valence-corrected chi connectivity index (χ1v) is 14.3. The van der Waals surface area contributed by atoms with Crippen molar-refractivity contribution < 1.29 is 9.59 Å². The van der Waals surface area contributed by atoms with Crippen LogP contribution in [0.2, 0.25) is 0 Å². The number of amides is 2. The summed E-state index contributed by atoms with van der Waals surface area (Å²) in [6, 6.07) is 10.0. The molecule has 0 radical (unpaired) electrons. The summed E-state index contributed by atoms with van der Waals surface area (Å²) >= 11 is 0. The van der Waals surface area contributed by atoms with Crippen molar-refractivity contribution in [1.82, 2.24) is 20.2 Å². The van der Waals surface area contributed by atoms with E-state index >= 15 is 0 Å². The minimum Gasteiger partial charge on any atom is -0.344 e. The molecule has 1 aromatic carbocycles. The van der Waals surface area contributed by atoms with Gasteiger partial charge in [0.1, 0.15) is 17.7 Å². The molecule has 1 saturated heterocycles. The van der Waals surface area contributed by atoms with Crippen LogP contribution in [0.3, 0.4) is 0 Å². The largest absolute Gasteiger partial charge is 0.344 e. The number of benzene rings is 1. The fraction of sp³-hybridized carbons (Fsp3) is 0.600. The van der Waals surface area contributed by atoms with Gasteiger partial charge < -0.3 is 15.1 Å². The average Bonchev–Trinajstić information content (AvgIpc) is 3.59. The van der Waals surface area contributed by atoms with Gasteiger partial charge in [0.15, 0.2) is 0 Å². The molecule has 2 fully saturated rings. The van der Waals surface area contributed by atoms with Crippen molar-refractivity contribution in [2.75, 3.05) is 18.0 Å². The topological polar surface area (TPSA) is 78.4 Å². The first-order valence-electron chi connectivity index (χ1n) is 14.3. The predicted molar refractivity (Wildman–Crippen MR) is 146 cm³/mol. The maximum atomic E-state index is 14.1. The predicted octanol–water partition coefficient (Wildman–Crippen LogP) is 5.25.